The Labute approximate surface area is 106 Å². The molecule has 0 unspecified atom stereocenters. The van der Waals surface area contributed by atoms with Crippen LogP contribution in [0.2, 0.25) is 0 Å². The molecule has 7 heteroatoms. The number of β-amino-alcohol motifs (C(OH)–C–C–N with tert-alkyl or cyclic N) is 1. The summed E-state index contributed by atoms with van der Waals surface area (Å²) in [5.74, 6) is 1.25. The molecule has 1 atom stereocenters. The summed E-state index contributed by atoms with van der Waals surface area (Å²) in [7, 11) is 0. The SMILES string of the molecule is Cc1nc(CNC(=O)CN2CCC[C@@H](O)C2)n[nH]1. The minimum absolute atomic E-state index is 0.0634. The summed E-state index contributed by atoms with van der Waals surface area (Å²) in [6, 6.07) is 0. The normalized spacial score (nSPS) is 20.9. The maximum Gasteiger partial charge on any atom is 0.234 e. The lowest BCUT2D eigenvalue weighted by Crippen LogP contribution is -2.44. The summed E-state index contributed by atoms with van der Waals surface area (Å²) < 4.78 is 0. The highest BCUT2D eigenvalue weighted by Crippen LogP contribution is 2.08. The van der Waals surface area contributed by atoms with Gasteiger partial charge in [0, 0.05) is 6.54 Å². The van der Waals surface area contributed by atoms with Gasteiger partial charge in [0.2, 0.25) is 5.91 Å². The lowest BCUT2D eigenvalue weighted by atomic mass is 10.1. The zero-order valence-corrected chi connectivity index (χ0v) is 10.5. The van der Waals surface area contributed by atoms with Crippen LogP contribution in [0.1, 0.15) is 24.5 Å². The molecule has 3 N–H and O–H groups in total. The van der Waals surface area contributed by atoms with Gasteiger partial charge in [0.15, 0.2) is 5.82 Å². The lowest BCUT2D eigenvalue weighted by Gasteiger charge is -2.29. The lowest BCUT2D eigenvalue weighted by molar-refractivity contribution is -0.123. The van der Waals surface area contributed by atoms with Gasteiger partial charge in [0.05, 0.1) is 19.2 Å². The van der Waals surface area contributed by atoms with E-state index in [9.17, 15) is 9.90 Å². The molecule has 0 aromatic carbocycles. The first-order chi connectivity index (χ1) is 8.63. The second kappa shape index (κ2) is 5.92. The monoisotopic (exact) mass is 253 g/mol. The highest BCUT2D eigenvalue weighted by Gasteiger charge is 2.19. The van der Waals surface area contributed by atoms with Crippen LogP contribution in [-0.2, 0) is 11.3 Å². The summed E-state index contributed by atoms with van der Waals surface area (Å²) in [6.07, 6.45) is 1.46. The molecule has 1 aliphatic heterocycles. The van der Waals surface area contributed by atoms with Crippen LogP contribution in [0.25, 0.3) is 0 Å². The number of aliphatic hydroxyl groups excluding tert-OH is 1. The van der Waals surface area contributed by atoms with Crippen LogP contribution in [0.4, 0.5) is 0 Å². The van der Waals surface area contributed by atoms with Gasteiger partial charge in [0.1, 0.15) is 5.82 Å². The summed E-state index contributed by atoms with van der Waals surface area (Å²) in [4.78, 5) is 17.8. The van der Waals surface area contributed by atoms with Crippen molar-refractivity contribution in [2.24, 2.45) is 0 Å². The number of aromatic nitrogens is 3. The molecule has 0 aliphatic carbocycles. The molecule has 18 heavy (non-hydrogen) atoms. The molecule has 1 aliphatic rings. The molecule has 1 fully saturated rings. The number of aryl methyl sites for hydroxylation is 1. The Morgan fingerprint density at radius 1 is 1.67 bits per heavy atom. The fraction of sp³-hybridized carbons (Fsp3) is 0.727. The number of piperidine rings is 1. The second-order valence-corrected chi connectivity index (χ2v) is 4.64. The largest absolute Gasteiger partial charge is 0.392 e. The van der Waals surface area contributed by atoms with E-state index in [1.807, 2.05) is 11.8 Å². The molecule has 0 saturated carbocycles. The number of carbonyl (C=O) groups excluding carboxylic acids is 1. The molecule has 1 amide bonds. The average Bonchev–Trinajstić information content (AvgIpc) is 2.73. The first-order valence-corrected chi connectivity index (χ1v) is 6.18. The fourth-order valence-electron chi connectivity index (χ4n) is 2.08. The van der Waals surface area contributed by atoms with Crippen LogP contribution >= 0.6 is 0 Å². The number of H-pyrrole nitrogens is 1. The zero-order chi connectivity index (χ0) is 13.0. The molecule has 2 heterocycles. The van der Waals surface area contributed by atoms with Gasteiger partial charge in [-0.2, -0.15) is 5.10 Å². The Morgan fingerprint density at radius 3 is 3.17 bits per heavy atom. The number of nitrogens with one attached hydrogen (secondary N) is 2. The minimum Gasteiger partial charge on any atom is -0.392 e. The molecule has 1 saturated heterocycles. The molecule has 1 aromatic heterocycles. The summed E-state index contributed by atoms with van der Waals surface area (Å²) in [5.41, 5.74) is 0. The van der Waals surface area contributed by atoms with Crippen molar-refractivity contribution in [3.63, 3.8) is 0 Å². The van der Waals surface area contributed by atoms with Crippen molar-refractivity contribution < 1.29 is 9.90 Å². The van der Waals surface area contributed by atoms with Crippen LogP contribution in [0, 0.1) is 6.92 Å². The number of hydrogen-bond acceptors (Lipinski definition) is 5. The van der Waals surface area contributed by atoms with Gasteiger partial charge < -0.3 is 10.4 Å². The third kappa shape index (κ3) is 3.78. The number of amides is 1. The maximum atomic E-state index is 11.7. The molecular formula is C11H19N5O2. The van der Waals surface area contributed by atoms with E-state index in [1.165, 1.54) is 0 Å². The molecule has 0 spiro atoms. The van der Waals surface area contributed by atoms with E-state index >= 15 is 0 Å². The Balaban J connectivity index is 1.71. The van der Waals surface area contributed by atoms with Crippen LogP contribution in [0.3, 0.4) is 0 Å². The van der Waals surface area contributed by atoms with Crippen LogP contribution < -0.4 is 5.32 Å². The molecule has 7 nitrogen and oxygen atoms in total. The molecule has 0 bridgehead atoms. The van der Waals surface area contributed by atoms with Gasteiger partial charge in [-0.25, -0.2) is 4.98 Å². The third-order valence-electron chi connectivity index (χ3n) is 2.94. The smallest absolute Gasteiger partial charge is 0.234 e. The molecule has 1 aromatic rings. The summed E-state index contributed by atoms with van der Waals surface area (Å²) in [5, 5.41) is 18.9. The van der Waals surface area contributed by atoms with E-state index < -0.39 is 0 Å². The number of aromatic amines is 1. The van der Waals surface area contributed by atoms with Gasteiger partial charge in [-0.05, 0) is 26.3 Å². The fourth-order valence-corrected chi connectivity index (χ4v) is 2.08. The number of carbonyl (C=O) groups is 1. The molecule has 0 radical (unpaired) electrons. The Hall–Kier alpha value is -1.47. The molecular weight excluding hydrogens is 234 g/mol. The maximum absolute atomic E-state index is 11.7. The summed E-state index contributed by atoms with van der Waals surface area (Å²) in [6.45, 7) is 3.91. The van der Waals surface area contributed by atoms with Gasteiger partial charge in [-0.15, -0.1) is 0 Å². The second-order valence-electron chi connectivity index (χ2n) is 4.64. The number of hydrogen-bond donors (Lipinski definition) is 3. The highest BCUT2D eigenvalue weighted by atomic mass is 16.3. The highest BCUT2D eigenvalue weighted by molar-refractivity contribution is 5.77. The van der Waals surface area contributed by atoms with Crippen LogP contribution in [0.5, 0.6) is 0 Å². The van der Waals surface area contributed by atoms with E-state index in [0.29, 0.717) is 25.5 Å². The van der Waals surface area contributed by atoms with E-state index in [4.69, 9.17) is 0 Å². The predicted octanol–water partition coefficient (Wildman–Crippen LogP) is -0.814. The number of rotatable bonds is 4. The first kappa shape index (κ1) is 13.0. The molecule has 2 rings (SSSR count). The summed E-state index contributed by atoms with van der Waals surface area (Å²) >= 11 is 0. The van der Waals surface area contributed by atoms with Gasteiger partial charge >= 0.3 is 0 Å². The van der Waals surface area contributed by atoms with E-state index in [-0.39, 0.29) is 12.0 Å². The predicted molar refractivity (Wildman–Crippen MR) is 64.6 cm³/mol. The zero-order valence-electron chi connectivity index (χ0n) is 10.5. The van der Waals surface area contributed by atoms with E-state index in [2.05, 4.69) is 20.5 Å². The van der Waals surface area contributed by atoms with Gasteiger partial charge in [0.25, 0.3) is 0 Å². The topological polar surface area (TPSA) is 94.1 Å². The number of nitrogens with zero attached hydrogens (tertiary/aromatic N) is 3. The van der Waals surface area contributed by atoms with Gasteiger partial charge in [-0.1, -0.05) is 0 Å². The number of likely N-dealkylation sites (tertiary alicyclic amines) is 1. The first-order valence-electron chi connectivity index (χ1n) is 6.18. The molecule has 100 valence electrons. The Kier molecular flexibility index (Phi) is 4.27. The Morgan fingerprint density at radius 2 is 2.50 bits per heavy atom. The van der Waals surface area contributed by atoms with Crippen molar-refractivity contribution >= 4 is 5.91 Å². The average molecular weight is 253 g/mol. The van der Waals surface area contributed by atoms with Crippen molar-refractivity contribution in [1.82, 2.24) is 25.4 Å². The third-order valence-corrected chi connectivity index (χ3v) is 2.94. The van der Waals surface area contributed by atoms with Crippen LogP contribution in [-0.4, -0.2) is 56.8 Å². The minimum atomic E-state index is -0.304. The van der Waals surface area contributed by atoms with Crippen LogP contribution in [0.15, 0.2) is 0 Å². The van der Waals surface area contributed by atoms with Crippen molar-refractivity contribution in [1.29, 1.82) is 0 Å². The number of aliphatic hydroxyl groups is 1. The van der Waals surface area contributed by atoms with Crippen molar-refractivity contribution in [3.05, 3.63) is 11.6 Å². The standard InChI is InChI=1S/C11H19N5O2/c1-8-13-10(15-14-8)5-12-11(18)7-16-4-2-3-9(17)6-16/h9,17H,2-7H2,1H3,(H,12,18)(H,13,14,15)/t9-/m1/s1. The van der Waals surface area contributed by atoms with Crippen molar-refractivity contribution in [2.75, 3.05) is 19.6 Å². The Bertz CT molecular complexity index is 406. The quantitative estimate of drug-likeness (QED) is 0.652. The van der Waals surface area contributed by atoms with E-state index in [1.54, 1.807) is 0 Å². The van der Waals surface area contributed by atoms with E-state index in [0.717, 1.165) is 25.2 Å². The van der Waals surface area contributed by atoms with Gasteiger partial charge in [-0.3, -0.25) is 14.8 Å². The van der Waals surface area contributed by atoms with Crippen molar-refractivity contribution in [3.8, 4) is 0 Å². The van der Waals surface area contributed by atoms with Crippen molar-refractivity contribution in [2.45, 2.75) is 32.4 Å².